The Balaban J connectivity index is 1.78. The molecule has 4 nitrogen and oxygen atoms in total. The zero-order valence-electron chi connectivity index (χ0n) is 12.4. The van der Waals surface area contributed by atoms with Gasteiger partial charge in [-0.25, -0.2) is 0 Å². The van der Waals surface area contributed by atoms with E-state index in [1.165, 1.54) is 17.5 Å². The molecule has 0 unspecified atom stereocenters. The van der Waals surface area contributed by atoms with Crippen molar-refractivity contribution in [3.8, 4) is 5.75 Å². The summed E-state index contributed by atoms with van der Waals surface area (Å²) in [5.41, 5.74) is 10.8. The van der Waals surface area contributed by atoms with Gasteiger partial charge in [0.15, 0.2) is 0 Å². The first-order valence-electron chi connectivity index (χ1n) is 7.25. The van der Waals surface area contributed by atoms with Gasteiger partial charge >= 0.3 is 0 Å². The van der Waals surface area contributed by atoms with E-state index in [9.17, 15) is 0 Å². The summed E-state index contributed by atoms with van der Waals surface area (Å²) in [6, 6.07) is 6.42. The van der Waals surface area contributed by atoms with Crippen molar-refractivity contribution in [1.29, 1.82) is 0 Å². The number of ether oxygens (including phenoxy) is 1. The molecule has 1 heterocycles. The van der Waals surface area contributed by atoms with Crippen LogP contribution in [0.4, 0.5) is 0 Å². The number of hydrogen-bond donors (Lipinski definition) is 1. The lowest BCUT2D eigenvalue weighted by atomic mass is 9.88. The molecular weight excluding hydrogens is 330 g/mol. The average molecular weight is 350 g/mol. The molecule has 1 aliphatic carbocycles. The van der Waals surface area contributed by atoms with Crippen LogP contribution in [0.25, 0.3) is 0 Å². The summed E-state index contributed by atoms with van der Waals surface area (Å²) in [4.78, 5) is 0. The first-order chi connectivity index (χ1) is 10.1. The van der Waals surface area contributed by atoms with Crippen LogP contribution in [0.15, 0.2) is 22.7 Å². The minimum atomic E-state index is 0.142. The molecule has 2 aromatic rings. The van der Waals surface area contributed by atoms with Crippen molar-refractivity contribution >= 4 is 15.9 Å². The number of nitrogens with two attached hydrogens (primary N) is 1. The lowest BCUT2D eigenvalue weighted by molar-refractivity contribution is 0.293. The van der Waals surface area contributed by atoms with Gasteiger partial charge < -0.3 is 10.5 Å². The van der Waals surface area contributed by atoms with Gasteiger partial charge in [-0.05, 0) is 65.4 Å². The number of fused-ring (bicyclic) bond motifs is 1. The minimum Gasteiger partial charge on any atom is -0.487 e. The molecule has 112 valence electrons. The Kier molecular flexibility index (Phi) is 4.04. The van der Waals surface area contributed by atoms with Crippen LogP contribution >= 0.6 is 15.9 Å². The molecular formula is C16H20BrN3O. The first kappa shape index (κ1) is 14.6. The molecule has 5 heteroatoms. The summed E-state index contributed by atoms with van der Waals surface area (Å²) in [6.07, 6.45) is 3.36. The van der Waals surface area contributed by atoms with E-state index in [0.29, 0.717) is 6.61 Å². The summed E-state index contributed by atoms with van der Waals surface area (Å²) < 4.78 is 8.80. The molecule has 0 aliphatic heterocycles. The van der Waals surface area contributed by atoms with Crippen molar-refractivity contribution in [3.05, 3.63) is 45.2 Å². The van der Waals surface area contributed by atoms with E-state index in [-0.39, 0.29) is 6.04 Å². The van der Waals surface area contributed by atoms with Crippen molar-refractivity contribution in [2.24, 2.45) is 12.8 Å². The van der Waals surface area contributed by atoms with E-state index >= 15 is 0 Å². The Morgan fingerprint density at radius 2 is 2.29 bits per heavy atom. The van der Waals surface area contributed by atoms with Gasteiger partial charge in [-0.2, -0.15) is 5.10 Å². The van der Waals surface area contributed by atoms with Crippen molar-refractivity contribution in [2.45, 2.75) is 38.8 Å². The van der Waals surface area contributed by atoms with E-state index in [4.69, 9.17) is 10.5 Å². The standard InChI is InChI=1S/C16H20BrN3O/c1-10-16(17)15(20(2)19-10)9-21-12-7-6-11-4-3-5-14(18)13(11)8-12/h6-8,14H,3-5,9,18H2,1-2H3/t14-/m0/s1. The third-order valence-corrected chi connectivity index (χ3v) is 5.15. The summed E-state index contributed by atoms with van der Waals surface area (Å²) in [5, 5.41) is 4.37. The Bertz CT molecular complexity index is 666. The Hall–Kier alpha value is -1.33. The van der Waals surface area contributed by atoms with Crippen LogP contribution in [0, 0.1) is 6.92 Å². The monoisotopic (exact) mass is 349 g/mol. The van der Waals surface area contributed by atoms with Crippen LogP contribution in [0.3, 0.4) is 0 Å². The lowest BCUT2D eigenvalue weighted by Crippen LogP contribution is -2.17. The van der Waals surface area contributed by atoms with Crippen LogP contribution < -0.4 is 10.5 Å². The van der Waals surface area contributed by atoms with Gasteiger partial charge in [0, 0.05) is 13.1 Å². The Morgan fingerprint density at radius 3 is 3.00 bits per heavy atom. The number of benzene rings is 1. The van der Waals surface area contributed by atoms with Gasteiger partial charge in [0.25, 0.3) is 0 Å². The first-order valence-corrected chi connectivity index (χ1v) is 8.04. The molecule has 1 aromatic heterocycles. The largest absolute Gasteiger partial charge is 0.487 e. The third kappa shape index (κ3) is 2.85. The summed E-state index contributed by atoms with van der Waals surface area (Å²) in [5.74, 6) is 0.872. The molecule has 1 atom stereocenters. The Labute approximate surface area is 133 Å². The summed E-state index contributed by atoms with van der Waals surface area (Å²) in [6.45, 7) is 2.47. The maximum atomic E-state index is 6.20. The molecule has 0 amide bonds. The second-order valence-electron chi connectivity index (χ2n) is 5.62. The van der Waals surface area contributed by atoms with Crippen molar-refractivity contribution in [1.82, 2.24) is 9.78 Å². The number of nitrogens with zero attached hydrogens (tertiary/aromatic N) is 2. The zero-order chi connectivity index (χ0) is 15.0. The molecule has 0 bridgehead atoms. The second kappa shape index (κ2) is 5.81. The highest BCUT2D eigenvalue weighted by Gasteiger charge is 2.17. The third-order valence-electron chi connectivity index (χ3n) is 4.12. The molecule has 0 fully saturated rings. The molecule has 3 rings (SSSR count). The molecule has 1 aliphatic rings. The summed E-state index contributed by atoms with van der Waals surface area (Å²) in [7, 11) is 1.93. The highest BCUT2D eigenvalue weighted by molar-refractivity contribution is 9.10. The highest BCUT2D eigenvalue weighted by Crippen LogP contribution is 2.31. The zero-order valence-corrected chi connectivity index (χ0v) is 14.0. The number of aryl methyl sites for hydroxylation is 3. The fourth-order valence-electron chi connectivity index (χ4n) is 2.89. The molecule has 1 aromatic carbocycles. The van der Waals surface area contributed by atoms with Gasteiger partial charge in [-0.15, -0.1) is 0 Å². The topological polar surface area (TPSA) is 53.1 Å². The molecule has 0 radical (unpaired) electrons. The van der Waals surface area contributed by atoms with E-state index in [2.05, 4.69) is 33.2 Å². The Morgan fingerprint density at radius 1 is 1.48 bits per heavy atom. The van der Waals surface area contributed by atoms with Gasteiger partial charge in [-0.3, -0.25) is 4.68 Å². The molecule has 0 spiro atoms. The number of hydrogen-bond acceptors (Lipinski definition) is 3. The van der Waals surface area contributed by atoms with E-state index in [1.807, 2.05) is 24.7 Å². The SMILES string of the molecule is Cc1nn(C)c(COc2ccc3c(c2)[C@@H](N)CCC3)c1Br. The molecule has 21 heavy (non-hydrogen) atoms. The number of aromatic nitrogens is 2. The predicted octanol–water partition coefficient (Wildman–Crippen LogP) is 3.41. The fraction of sp³-hybridized carbons (Fsp3) is 0.438. The summed E-state index contributed by atoms with van der Waals surface area (Å²) >= 11 is 3.56. The second-order valence-corrected chi connectivity index (χ2v) is 6.41. The number of rotatable bonds is 3. The van der Waals surface area contributed by atoms with Crippen LogP contribution in [0.1, 0.15) is 41.4 Å². The lowest BCUT2D eigenvalue weighted by Gasteiger charge is -2.22. The minimum absolute atomic E-state index is 0.142. The fourth-order valence-corrected chi connectivity index (χ4v) is 3.34. The molecule has 2 N–H and O–H groups in total. The number of halogens is 1. The van der Waals surface area contributed by atoms with Crippen LogP contribution in [-0.2, 0) is 20.1 Å². The normalized spacial score (nSPS) is 17.6. The van der Waals surface area contributed by atoms with Crippen molar-refractivity contribution in [3.63, 3.8) is 0 Å². The van der Waals surface area contributed by atoms with Gasteiger partial charge in [0.05, 0.1) is 15.9 Å². The van der Waals surface area contributed by atoms with E-state index in [1.54, 1.807) is 0 Å². The highest BCUT2D eigenvalue weighted by atomic mass is 79.9. The predicted molar refractivity (Wildman–Crippen MR) is 86.3 cm³/mol. The molecule has 0 saturated heterocycles. The van der Waals surface area contributed by atoms with Crippen LogP contribution in [0.2, 0.25) is 0 Å². The maximum Gasteiger partial charge on any atom is 0.131 e. The smallest absolute Gasteiger partial charge is 0.131 e. The van der Waals surface area contributed by atoms with Crippen molar-refractivity contribution < 1.29 is 4.74 Å². The van der Waals surface area contributed by atoms with Crippen molar-refractivity contribution in [2.75, 3.05) is 0 Å². The van der Waals surface area contributed by atoms with Gasteiger partial charge in [0.2, 0.25) is 0 Å². The average Bonchev–Trinajstić information content (AvgIpc) is 2.71. The van der Waals surface area contributed by atoms with E-state index < -0.39 is 0 Å². The van der Waals surface area contributed by atoms with Crippen LogP contribution in [0.5, 0.6) is 5.75 Å². The van der Waals surface area contributed by atoms with E-state index in [0.717, 1.165) is 34.5 Å². The van der Waals surface area contributed by atoms with Gasteiger partial charge in [0.1, 0.15) is 12.4 Å². The molecule has 0 saturated carbocycles. The van der Waals surface area contributed by atoms with Gasteiger partial charge in [-0.1, -0.05) is 6.07 Å². The van der Waals surface area contributed by atoms with Crippen LogP contribution in [-0.4, -0.2) is 9.78 Å². The quantitative estimate of drug-likeness (QED) is 0.923. The maximum absolute atomic E-state index is 6.20.